The van der Waals surface area contributed by atoms with E-state index in [0.29, 0.717) is 13.2 Å². The van der Waals surface area contributed by atoms with Crippen molar-refractivity contribution in [2.75, 3.05) is 19.7 Å². The van der Waals surface area contributed by atoms with Gasteiger partial charge in [-0.05, 0) is 18.9 Å². The van der Waals surface area contributed by atoms with Gasteiger partial charge in [0.05, 0.1) is 13.2 Å². The summed E-state index contributed by atoms with van der Waals surface area (Å²) in [6.07, 6.45) is 6.97. The minimum atomic E-state index is -0.779. The summed E-state index contributed by atoms with van der Waals surface area (Å²) in [5, 5.41) is 9.73. The number of hydrogen-bond donors (Lipinski definition) is 1. The number of carbonyl (C=O) groups is 1. The van der Waals surface area contributed by atoms with Crippen LogP contribution in [0.1, 0.15) is 52.4 Å². The van der Waals surface area contributed by atoms with E-state index in [1.807, 2.05) is 0 Å². The van der Waals surface area contributed by atoms with E-state index in [-0.39, 0.29) is 12.5 Å². The average molecular weight is 271 g/mol. The van der Waals surface area contributed by atoms with Crippen molar-refractivity contribution >= 4 is 5.97 Å². The second-order valence-electron chi connectivity index (χ2n) is 4.75. The molecule has 0 aromatic rings. The number of esters is 1. The van der Waals surface area contributed by atoms with Crippen molar-refractivity contribution < 1.29 is 14.6 Å². The summed E-state index contributed by atoms with van der Waals surface area (Å²) in [6, 6.07) is 0. The van der Waals surface area contributed by atoms with Crippen LogP contribution in [0.25, 0.3) is 0 Å². The maximum Gasteiger partial charge on any atom is 0.320 e. The first kappa shape index (κ1) is 18.1. The van der Waals surface area contributed by atoms with Gasteiger partial charge in [0.25, 0.3) is 0 Å². The Bertz CT molecular complexity index is 244. The summed E-state index contributed by atoms with van der Waals surface area (Å²) in [6.45, 7) is 9.05. The van der Waals surface area contributed by atoms with Crippen LogP contribution in [0.15, 0.2) is 12.7 Å². The molecule has 0 aromatic heterocycles. The molecule has 0 fully saturated rings. The minimum Gasteiger partial charge on any atom is -0.465 e. The predicted molar refractivity (Wildman–Crippen MR) is 77.8 cm³/mol. The summed E-state index contributed by atoms with van der Waals surface area (Å²) >= 11 is 0. The molecular weight excluding hydrogens is 242 g/mol. The Morgan fingerprint density at radius 1 is 1.26 bits per heavy atom. The van der Waals surface area contributed by atoms with Crippen LogP contribution in [0.2, 0.25) is 0 Å². The first-order valence-electron chi connectivity index (χ1n) is 7.36. The molecule has 0 spiro atoms. The maximum atomic E-state index is 11.7. The Balaban J connectivity index is 3.91. The molecule has 4 nitrogen and oxygen atoms in total. The number of ether oxygens (including phenoxy) is 1. The molecule has 0 amide bonds. The number of unbranched alkanes of at least 4 members (excludes halogenated alkanes) is 4. The molecule has 19 heavy (non-hydrogen) atoms. The van der Waals surface area contributed by atoms with Crippen LogP contribution in [0.5, 0.6) is 0 Å². The molecule has 0 saturated carbocycles. The molecule has 1 unspecified atom stereocenters. The van der Waals surface area contributed by atoms with Gasteiger partial charge in [-0.2, -0.15) is 0 Å². The highest BCUT2D eigenvalue weighted by molar-refractivity contribution is 5.71. The SMILES string of the molecule is C=CC(O)N(CCCC)CC(=O)OCCCCCC. The Morgan fingerprint density at radius 3 is 2.53 bits per heavy atom. The van der Waals surface area contributed by atoms with Crippen molar-refractivity contribution in [1.82, 2.24) is 4.90 Å². The largest absolute Gasteiger partial charge is 0.465 e. The van der Waals surface area contributed by atoms with Gasteiger partial charge in [-0.15, -0.1) is 0 Å². The lowest BCUT2D eigenvalue weighted by molar-refractivity contribution is -0.147. The maximum absolute atomic E-state index is 11.7. The molecule has 0 bridgehead atoms. The summed E-state index contributed by atoms with van der Waals surface area (Å²) in [5.74, 6) is -0.270. The smallest absolute Gasteiger partial charge is 0.320 e. The Kier molecular flexibility index (Phi) is 11.6. The van der Waals surface area contributed by atoms with Gasteiger partial charge in [0, 0.05) is 6.54 Å². The van der Waals surface area contributed by atoms with Gasteiger partial charge >= 0.3 is 5.97 Å². The van der Waals surface area contributed by atoms with Crippen LogP contribution in [0.4, 0.5) is 0 Å². The zero-order valence-electron chi connectivity index (χ0n) is 12.4. The number of nitrogens with zero attached hydrogens (tertiary/aromatic N) is 1. The number of rotatable bonds is 12. The van der Waals surface area contributed by atoms with Gasteiger partial charge in [0.1, 0.15) is 6.23 Å². The summed E-state index contributed by atoms with van der Waals surface area (Å²) < 4.78 is 5.17. The molecule has 0 saturated heterocycles. The van der Waals surface area contributed by atoms with E-state index in [0.717, 1.165) is 25.7 Å². The first-order valence-corrected chi connectivity index (χ1v) is 7.36. The molecule has 0 radical (unpaired) electrons. The van der Waals surface area contributed by atoms with Crippen molar-refractivity contribution in [3.63, 3.8) is 0 Å². The number of hydrogen-bond acceptors (Lipinski definition) is 4. The van der Waals surface area contributed by atoms with Crippen LogP contribution in [-0.2, 0) is 9.53 Å². The summed E-state index contributed by atoms with van der Waals surface area (Å²) in [4.78, 5) is 13.3. The Morgan fingerprint density at radius 2 is 1.95 bits per heavy atom. The van der Waals surface area contributed by atoms with Crippen molar-refractivity contribution in [3.05, 3.63) is 12.7 Å². The van der Waals surface area contributed by atoms with Crippen LogP contribution < -0.4 is 0 Å². The standard InChI is InChI=1S/C15H29NO3/c1-4-7-9-10-12-19-15(18)13-16(11-8-5-2)14(17)6-3/h6,14,17H,3-5,7-13H2,1-2H3. The molecule has 1 atom stereocenters. The Hall–Kier alpha value is -0.870. The van der Waals surface area contributed by atoms with E-state index in [4.69, 9.17) is 4.74 Å². The van der Waals surface area contributed by atoms with Crippen molar-refractivity contribution in [2.45, 2.75) is 58.6 Å². The van der Waals surface area contributed by atoms with Gasteiger partial charge in [-0.3, -0.25) is 9.69 Å². The molecule has 0 aliphatic heterocycles. The fourth-order valence-corrected chi connectivity index (χ4v) is 1.74. The molecular formula is C15H29NO3. The molecule has 0 aromatic carbocycles. The molecule has 0 aliphatic carbocycles. The van der Waals surface area contributed by atoms with E-state index in [1.165, 1.54) is 18.9 Å². The van der Waals surface area contributed by atoms with E-state index >= 15 is 0 Å². The van der Waals surface area contributed by atoms with Crippen molar-refractivity contribution in [2.24, 2.45) is 0 Å². The topological polar surface area (TPSA) is 49.8 Å². The van der Waals surface area contributed by atoms with Crippen molar-refractivity contribution in [1.29, 1.82) is 0 Å². The lowest BCUT2D eigenvalue weighted by atomic mass is 10.2. The highest BCUT2D eigenvalue weighted by Crippen LogP contribution is 2.03. The summed E-state index contributed by atoms with van der Waals surface area (Å²) in [7, 11) is 0. The van der Waals surface area contributed by atoms with Crippen molar-refractivity contribution in [3.8, 4) is 0 Å². The number of aliphatic hydroxyl groups excluding tert-OH is 1. The quantitative estimate of drug-likeness (QED) is 0.257. The van der Waals surface area contributed by atoms with E-state index < -0.39 is 6.23 Å². The minimum absolute atomic E-state index is 0.126. The van der Waals surface area contributed by atoms with E-state index in [9.17, 15) is 9.90 Å². The molecule has 0 aliphatic rings. The zero-order valence-corrected chi connectivity index (χ0v) is 12.4. The normalized spacial score (nSPS) is 12.4. The van der Waals surface area contributed by atoms with Gasteiger partial charge in [0.2, 0.25) is 0 Å². The van der Waals surface area contributed by atoms with Crippen LogP contribution in [0.3, 0.4) is 0 Å². The highest BCUT2D eigenvalue weighted by atomic mass is 16.5. The lowest BCUT2D eigenvalue weighted by Gasteiger charge is -2.24. The van der Waals surface area contributed by atoms with Crippen LogP contribution in [0, 0.1) is 0 Å². The van der Waals surface area contributed by atoms with Gasteiger partial charge in [-0.25, -0.2) is 0 Å². The lowest BCUT2D eigenvalue weighted by Crippen LogP contribution is -2.39. The van der Waals surface area contributed by atoms with E-state index in [1.54, 1.807) is 4.90 Å². The van der Waals surface area contributed by atoms with Crippen LogP contribution in [-0.4, -0.2) is 41.9 Å². The third-order valence-electron chi connectivity index (χ3n) is 2.98. The third kappa shape index (κ3) is 9.68. The van der Waals surface area contributed by atoms with Crippen LogP contribution >= 0.6 is 0 Å². The molecule has 0 rings (SSSR count). The van der Waals surface area contributed by atoms with E-state index in [2.05, 4.69) is 20.4 Å². The molecule has 4 heteroatoms. The number of carbonyl (C=O) groups excluding carboxylic acids is 1. The monoisotopic (exact) mass is 271 g/mol. The second-order valence-corrected chi connectivity index (χ2v) is 4.75. The summed E-state index contributed by atoms with van der Waals surface area (Å²) in [5.41, 5.74) is 0. The highest BCUT2D eigenvalue weighted by Gasteiger charge is 2.16. The van der Waals surface area contributed by atoms with Gasteiger partial charge in [0.15, 0.2) is 0 Å². The first-order chi connectivity index (χ1) is 9.15. The van der Waals surface area contributed by atoms with Gasteiger partial charge in [-0.1, -0.05) is 46.1 Å². The molecule has 1 N–H and O–H groups in total. The molecule has 112 valence electrons. The third-order valence-corrected chi connectivity index (χ3v) is 2.98. The molecule has 0 heterocycles. The number of aliphatic hydroxyl groups is 1. The fraction of sp³-hybridized carbons (Fsp3) is 0.800. The average Bonchev–Trinajstić information content (AvgIpc) is 2.42. The zero-order chi connectivity index (χ0) is 14.5. The predicted octanol–water partition coefficient (Wildman–Crippen LogP) is 2.72. The van der Waals surface area contributed by atoms with Gasteiger partial charge < -0.3 is 9.84 Å². The fourth-order valence-electron chi connectivity index (χ4n) is 1.74. The Labute approximate surface area is 117 Å². The second kappa shape index (κ2) is 12.2.